The van der Waals surface area contributed by atoms with Crippen LogP contribution in [0.5, 0.6) is 0 Å². The molecule has 0 aliphatic rings. The molecule has 1 aromatic rings. The Hall–Kier alpha value is -1.44. The monoisotopic (exact) mass is 204 g/mol. The van der Waals surface area contributed by atoms with Crippen LogP contribution in [0.25, 0.3) is 0 Å². The topological polar surface area (TPSA) is 34.1 Å². The molecule has 1 rings (SSSR count). The second-order valence-electron chi connectivity index (χ2n) is 4.77. The predicted octanol–water partition coefficient (Wildman–Crippen LogP) is 3.00. The number of benzene rings is 1. The molecule has 0 aromatic heterocycles. The molecule has 15 heavy (non-hydrogen) atoms. The van der Waals surface area contributed by atoms with E-state index in [0.29, 0.717) is 11.1 Å². The molecular weight excluding hydrogens is 188 g/mol. The van der Waals surface area contributed by atoms with Gasteiger partial charge in [0, 0.05) is 11.1 Å². The highest BCUT2D eigenvalue weighted by Gasteiger charge is 2.16. The number of aldehydes is 1. The molecule has 0 N–H and O–H groups in total. The molecule has 0 atom stereocenters. The minimum Gasteiger partial charge on any atom is -0.298 e. The number of hydrogen-bond acceptors (Lipinski definition) is 2. The standard InChI is InChI=1S/C13H16O2/c1-9(15)11-5-10(8-14)6-12(7-11)13(2,3)4/h5-8H,1-4H3. The Bertz CT molecular complexity index is 397. The molecule has 0 saturated heterocycles. The summed E-state index contributed by atoms with van der Waals surface area (Å²) in [7, 11) is 0. The third kappa shape index (κ3) is 2.75. The van der Waals surface area contributed by atoms with Crippen LogP contribution in [0.15, 0.2) is 18.2 Å². The van der Waals surface area contributed by atoms with Crippen LogP contribution in [-0.2, 0) is 5.41 Å². The fraction of sp³-hybridized carbons (Fsp3) is 0.385. The van der Waals surface area contributed by atoms with Crippen molar-refractivity contribution >= 4 is 12.1 Å². The van der Waals surface area contributed by atoms with Gasteiger partial charge in [-0.2, -0.15) is 0 Å². The first kappa shape index (κ1) is 11.6. The van der Waals surface area contributed by atoms with Gasteiger partial charge in [0.05, 0.1) is 0 Å². The minimum atomic E-state index is -0.0524. The van der Waals surface area contributed by atoms with E-state index in [9.17, 15) is 9.59 Å². The van der Waals surface area contributed by atoms with E-state index in [1.165, 1.54) is 6.92 Å². The van der Waals surface area contributed by atoms with Crippen molar-refractivity contribution in [3.05, 3.63) is 34.9 Å². The van der Waals surface area contributed by atoms with E-state index in [4.69, 9.17) is 0 Å². The first-order valence-corrected chi connectivity index (χ1v) is 4.96. The highest BCUT2D eigenvalue weighted by Crippen LogP contribution is 2.24. The summed E-state index contributed by atoms with van der Waals surface area (Å²) in [5, 5.41) is 0. The van der Waals surface area contributed by atoms with E-state index < -0.39 is 0 Å². The highest BCUT2D eigenvalue weighted by molar-refractivity contribution is 5.96. The lowest BCUT2D eigenvalue weighted by Gasteiger charge is -2.20. The average molecular weight is 204 g/mol. The maximum absolute atomic E-state index is 11.3. The highest BCUT2D eigenvalue weighted by atomic mass is 16.1. The van der Waals surface area contributed by atoms with Crippen molar-refractivity contribution in [2.24, 2.45) is 0 Å². The van der Waals surface area contributed by atoms with Gasteiger partial charge in [0.2, 0.25) is 0 Å². The molecule has 0 radical (unpaired) electrons. The summed E-state index contributed by atoms with van der Waals surface area (Å²) in [6.45, 7) is 7.68. The SMILES string of the molecule is CC(=O)c1cc(C=O)cc(C(C)(C)C)c1. The number of Topliss-reactive ketones (excluding diaryl/α,β-unsaturated/α-hetero) is 1. The number of ketones is 1. The van der Waals surface area contributed by atoms with Gasteiger partial charge in [-0.1, -0.05) is 20.8 Å². The smallest absolute Gasteiger partial charge is 0.159 e. The largest absolute Gasteiger partial charge is 0.298 e. The molecule has 0 amide bonds. The van der Waals surface area contributed by atoms with Crippen LogP contribution < -0.4 is 0 Å². The maximum Gasteiger partial charge on any atom is 0.159 e. The first-order chi connectivity index (χ1) is 6.84. The summed E-state index contributed by atoms with van der Waals surface area (Å²) < 4.78 is 0. The molecule has 1 aromatic carbocycles. The van der Waals surface area contributed by atoms with Gasteiger partial charge in [-0.15, -0.1) is 0 Å². The van der Waals surface area contributed by atoms with E-state index in [2.05, 4.69) is 20.8 Å². The van der Waals surface area contributed by atoms with Crippen LogP contribution in [0.3, 0.4) is 0 Å². The molecule has 0 heterocycles. The van der Waals surface area contributed by atoms with Crippen LogP contribution in [0.1, 0.15) is 54.0 Å². The molecule has 0 spiro atoms. The summed E-state index contributed by atoms with van der Waals surface area (Å²) in [5.74, 6) is -0.0100. The zero-order chi connectivity index (χ0) is 11.6. The van der Waals surface area contributed by atoms with Gasteiger partial charge in [-0.25, -0.2) is 0 Å². The molecular formula is C13H16O2. The molecule has 0 fully saturated rings. The molecule has 2 heteroatoms. The van der Waals surface area contributed by atoms with Crippen molar-refractivity contribution in [1.82, 2.24) is 0 Å². The maximum atomic E-state index is 11.3. The quantitative estimate of drug-likeness (QED) is 0.548. The van der Waals surface area contributed by atoms with E-state index in [0.717, 1.165) is 11.8 Å². The number of rotatable bonds is 2. The van der Waals surface area contributed by atoms with Crippen molar-refractivity contribution < 1.29 is 9.59 Å². The van der Waals surface area contributed by atoms with Crippen molar-refractivity contribution in [2.75, 3.05) is 0 Å². The Balaban J connectivity index is 3.36. The fourth-order valence-electron chi connectivity index (χ4n) is 1.36. The third-order valence-corrected chi connectivity index (χ3v) is 2.36. The lowest BCUT2D eigenvalue weighted by molar-refractivity contribution is 0.101. The fourth-order valence-corrected chi connectivity index (χ4v) is 1.36. The number of hydrogen-bond donors (Lipinski definition) is 0. The zero-order valence-electron chi connectivity index (χ0n) is 9.63. The summed E-state index contributed by atoms with van der Waals surface area (Å²) in [5.41, 5.74) is 2.12. The Morgan fingerprint density at radius 3 is 2.20 bits per heavy atom. The normalized spacial score (nSPS) is 11.2. The molecule has 0 aliphatic heterocycles. The Morgan fingerprint density at radius 1 is 1.20 bits per heavy atom. The van der Waals surface area contributed by atoms with Crippen LogP contribution in [0.2, 0.25) is 0 Å². The van der Waals surface area contributed by atoms with E-state index in [1.807, 2.05) is 12.1 Å². The van der Waals surface area contributed by atoms with Crippen molar-refractivity contribution in [3.8, 4) is 0 Å². The lowest BCUT2D eigenvalue weighted by atomic mass is 9.85. The third-order valence-electron chi connectivity index (χ3n) is 2.36. The van der Waals surface area contributed by atoms with Gasteiger partial charge < -0.3 is 0 Å². The molecule has 0 saturated carbocycles. The van der Waals surface area contributed by atoms with Crippen LogP contribution in [0, 0.1) is 0 Å². The Kier molecular flexibility index (Phi) is 3.08. The van der Waals surface area contributed by atoms with Crippen LogP contribution in [0.4, 0.5) is 0 Å². The summed E-state index contributed by atoms with van der Waals surface area (Å²) in [4.78, 5) is 22.0. The second-order valence-corrected chi connectivity index (χ2v) is 4.77. The number of carbonyl (C=O) groups excluding carboxylic acids is 2. The molecule has 80 valence electrons. The lowest BCUT2D eigenvalue weighted by Crippen LogP contribution is -2.12. The van der Waals surface area contributed by atoms with Crippen molar-refractivity contribution in [3.63, 3.8) is 0 Å². The molecule has 0 unspecified atom stereocenters. The van der Waals surface area contributed by atoms with E-state index in [-0.39, 0.29) is 11.2 Å². The van der Waals surface area contributed by atoms with Gasteiger partial charge >= 0.3 is 0 Å². The summed E-state index contributed by atoms with van der Waals surface area (Å²) in [6.07, 6.45) is 0.779. The molecule has 2 nitrogen and oxygen atoms in total. The van der Waals surface area contributed by atoms with Gasteiger partial charge in [-0.3, -0.25) is 9.59 Å². The minimum absolute atomic E-state index is 0.0100. The predicted molar refractivity (Wildman–Crippen MR) is 60.5 cm³/mol. The number of carbonyl (C=O) groups is 2. The van der Waals surface area contributed by atoms with Gasteiger partial charge in [0.25, 0.3) is 0 Å². The molecule has 0 aliphatic carbocycles. The summed E-state index contributed by atoms with van der Waals surface area (Å²) >= 11 is 0. The Morgan fingerprint density at radius 2 is 1.80 bits per heavy atom. The zero-order valence-corrected chi connectivity index (χ0v) is 9.63. The van der Waals surface area contributed by atoms with Crippen LogP contribution >= 0.6 is 0 Å². The van der Waals surface area contributed by atoms with E-state index >= 15 is 0 Å². The van der Waals surface area contributed by atoms with Gasteiger partial charge in [-0.05, 0) is 36.1 Å². The van der Waals surface area contributed by atoms with Crippen molar-refractivity contribution in [1.29, 1.82) is 0 Å². The van der Waals surface area contributed by atoms with Crippen LogP contribution in [-0.4, -0.2) is 12.1 Å². The summed E-state index contributed by atoms with van der Waals surface area (Å²) in [6, 6.07) is 5.32. The van der Waals surface area contributed by atoms with Gasteiger partial charge in [0.1, 0.15) is 6.29 Å². The average Bonchev–Trinajstić information content (AvgIpc) is 2.15. The molecule has 0 bridgehead atoms. The Labute approximate surface area is 90.3 Å². The van der Waals surface area contributed by atoms with Crippen molar-refractivity contribution in [2.45, 2.75) is 33.1 Å². The van der Waals surface area contributed by atoms with E-state index in [1.54, 1.807) is 6.07 Å². The first-order valence-electron chi connectivity index (χ1n) is 4.96. The van der Waals surface area contributed by atoms with Gasteiger partial charge in [0.15, 0.2) is 5.78 Å². The second kappa shape index (κ2) is 3.97.